The van der Waals surface area contributed by atoms with E-state index < -0.39 is 0 Å². The highest BCUT2D eigenvalue weighted by Gasteiger charge is 2.08. The fraction of sp³-hybridized carbons (Fsp3) is 0. The van der Waals surface area contributed by atoms with E-state index in [1.807, 2.05) is 35.0 Å². The number of hydrogen-bond donors (Lipinski definition) is 1. The molecule has 84 valence electrons. The molecule has 0 aliphatic carbocycles. The highest BCUT2D eigenvalue weighted by atomic mass is 79.9. The lowest BCUT2D eigenvalue weighted by Gasteiger charge is -1.98. The van der Waals surface area contributed by atoms with E-state index in [0.717, 1.165) is 5.65 Å². The number of fused-ring (bicyclic) bond motifs is 1. The lowest BCUT2D eigenvalue weighted by atomic mass is 10.4. The first-order valence-corrected chi connectivity index (χ1v) is 5.75. The molecule has 6 heteroatoms. The van der Waals surface area contributed by atoms with Crippen LogP contribution in [0, 0.1) is 0 Å². The molecule has 0 aromatic carbocycles. The van der Waals surface area contributed by atoms with Gasteiger partial charge in [-0.3, -0.25) is 0 Å². The Hall–Kier alpha value is -1.95. The number of nitrogens with two attached hydrogens (primary N) is 1. The molecule has 0 fully saturated rings. The summed E-state index contributed by atoms with van der Waals surface area (Å²) in [5.41, 5.74) is 7.28. The molecule has 0 unspecified atom stereocenters. The number of anilines is 1. The predicted molar refractivity (Wildman–Crippen MR) is 68.3 cm³/mol. The first-order chi connectivity index (χ1) is 8.24. The van der Waals surface area contributed by atoms with Crippen molar-refractivity contribution in [3.63, 3.8) is 0 Å². The van der Waals surface area contributed by atoms with Crippen LogP contribution in [0.1, 0.15) is 0 Å². The van der Waals surface area contributed by atoms with Crippen LogP contribution in [-0.4, -0.2) is 19.4 Å². The molecule has 0 aliphatic rings. The molecule has 2 N–H and O–H groups in total. The Kier molecular flexibility index (Phi) is 2.29. The Morgan fingerprint density at radius 2 is 2.12 bits per heavy atom. The summed E-state index contributed by atoms with van der Waals surface area (Å²) in [6.07, 6.45) is 5.42. The van der Waals surface area contributed by atoms with Crippen LogP contribution in [0.15, 0.2) is 41.3 Å². The van der Waals surface area contributed by atoms with Gasteiger partial charge in [0.2, 0.25) is 0 Å². The molecule has 0 saturated carbocycles. The van der Waals surface area contributed by atoms with Crippen molar-refractivity contribution in [2.45, 2.75) is 0 Å². The minimum Gasteiger partial charge on any atom is -0.383 e. The van der Waals surface area contributed by atoms with E-state index in [9.17, 15) is 0 Å². The molecule has 17 heavy (non-hydrogen) atoms. The Labute approximate surface area is 105 Å². The smallest absolute Gasteiger partial charge is 0.181 e. The summed E-state index contributed by atoms with van der Waals surface area (Å²) in [5, 5.41) is 0. The summed E-state index contributed by atoms with van der Waals surface area (Å²) >= 11 is 3.26. The Bertz CT molecular complexity index is 658. The Morgan fingerprint density at radius 3 is 2.88 bits per heavy atom. The Morgan fingerprint density at radius 1 is 1.24 bits per heavy atom. The second kappa shape index (κ2) is 3.81. The summed E-state index contributed by atoms with van der Waals surface area (Å²) in [6, 6.07) is 5.80. The van der Waals surface area contributed by atoms with Crippen LogP contribution >= 0.6 is 15.9 Å². The Balaban J connectivity index is 2.17. The molecule has 0 radical (unpaired) electrons. The van der Waals surface area contributed by atoms with Gasteiger partial charge in [-0.1, -0.05) is 6.07 Å². The van der Waals surface area contributed by atoms with Crippen molar-refractivity contribution in [3.05, 3.63) is 41.3 Å². The molecule has 0 bridgehead atoms. The van der Waals surface area contributed by atoms with E-state index in [4.69, 9.17) is 5.73 Å². The fourth-order valence-corrected chi connectivity index (χ4v) is 1.74. The highest BCUT2D eigenvalue weighted by Crippen LogP contribution is 2.20. The van der Waals surface area contributed by atoms with Crippen LogP contribution in [0.4, 0.5) is 5.82 Å². The molecule has 0 aliphatic heterocycles. The molecule has 0 amide bonds. The average molecular weight is 290 g/mol. The molecule has 0 spiro atoms. The van der Waals surface area contributed by atoms with Gasteiger partial charge in [-0.25, -0.2) is 15.0 Å². The summed E-state index contributed by atoms with van der Waals surface area (Å²) in [5.74, 6) is 0.932. The number of hydrogen-bond acceptors (Lipinski definition) is 4. The summed E-state index contributed by atoms with van der Waals surface area (Å²) in [4.78, 5) is 12.8. The maximum atomic E-state index is 5.72. The number of nitrogen functional groups attached to an aromatic ring is 1. The quantitative estimate of drug-likeness (QED) is 0.745. The monoisotopic (exact) mass is 289 g/mol. The van der Waals surface area contributed by atoms with E-state index in [0.29, 0.717) is 21.8 Å². The second-order valence-corrected chi connectivity index (χ2v) is 4.37. The third-order valence-corrected chi connectivity index (χ3v) is 2.98. The van der Waals surface area contributed by atoms with Crippen LogP contribution in [0.2, 0.25) is 0 Å². The van der Waals surface area contributed by atoms with E-state index in [-0.39, 0.29) is 0 Å². The van der Waals surface area contributed by atoms with Crippen molar-refractivity contribution in [1.82, 2.24) is 19.4 Å². The largest absolute Gasteiger partial charge is 0.383 e. The zero-order valence-electron chi connectivity index (χ0n) is 8.71. The molecular formula is C11H8BrN5. The lowest BCUT2D eigenvalue weighted by Crippen LogP contribution is -1.96. The van der Waals surface area contributed by atoms with Crippen LogP contribution in [0.25, 0.3) is 17.2 Å². The van der Waals surface area contributed by atoms with Gasteiger partial charge in [0.25, 0.3) is 0 Å². The number of rotatable bonds is 1. The van der Waals surface area contributed by atoms with Crippen molar-refractivity contribution in [2.75, 3.05) is 5.73 Å². The van der Waals surface area contributed by atoms with Gasteiger partial charge < -0.3 is 10.1 Å². The summed E-state index contributed by atoms with van der Waals surface area (Å²) < 4.78 is 2.60. The van der Waals surface area contributed by atoms with Crippen molar-refractivity contribution in [1.29, 1.82) is 0 Å². The highest BCUT2D eigenvalue weighted by molar-refractivity contribution is 9.10. The van der Waals surface area contributed by atoms with E-state index in [2.05, 4.69) is 30.9 Å². The van der Waals surface area contributed by atoms with Gasteiger partial charge in [0, 0.05) is 18.6 Å². The van der Waals surface area contributed by atoms with Crippen LogP contribution in [-0.2, 0) is 0 Å². The van der Waals surface area contributed by atoms with Gasteiger partial charge in [-0.15, -0.1) is 0 Å². The maximum Gasteiger partial charge on any atom is 0.181 e. The molecule has 0 saturated heterocycles. The number of nitrogens with zero attached hydrogens (tertiary/aromatic N) is 4. The fourth-order valence-electron chi connectivity index (χ4n) is 1.55. The minimum absolute atomic E-state index is 0.409. The predicted octanol–water partition coefficient (Wildman–Crippen LogP) is 2.14. The normalized spacial score (nSPS) is 10.9. The minimum atomic E-state index is 0.409. The first kappa shape index (κ1) is 10.2. The van der Waals surface area contributed by atoms with Gasteiger partial charge in [0.1, 0.15) is 17.2 Å². The number of imidazole rings is 1. The third kappa shape index (κ3) is 1.76. The molecule has 5 nitrogen and oxygen atoms in total. The lowest BCUT2D eigenvalue weighted by molar-refractivity contribution is 1.15. The number of aromatic nitrogens is 4. The molecule has 3 heterocycles. The zero-order chi connectivity index (χ0) is 11.8. The van der Waals surface area contributed by atoms with Crippen LogP contribution in [0.5, 0.6) is 0 Å². The molecular weight excluding hydrogens is 282 g/mol. The summed E-state index contributed by atoms with van der Waals surface area (Å²) in [7, 11) is 0. The SMILES string of the molecule is Nc1nc(-c2cn3ccccc3n2)ncc1Br. The maximum absolute atomic E-state index is 5.72. The molecule has 3 rings (SSSR count). The van der Waals surface area contributed by atoms with Gasteiger partial charge in [0.05, 0.1) is 4.47 Å². The number of halogens is 1. The van der Waals surface area contributed by atoms with E-state index >= 15 is 0 Å². The van der Waals surface area contributed by atoms with Gasteiger partial charge in [-0.2, -0.15) is 0 Å². The van der Waals surface area contributed by atoms with Crippen molar-refractivity contribution < 1.29 is 0 Å². The second-order valence-electron chi connectivity index (χ2n) is 3.52. The standard InChI is InChI=1S/C11H8BrN5/c12-7-5-14-11(16-10(7)13)8-6-17-4-2-1-3-9(17)15-8/h1-6H,(H2,13,14,16). The molecule has 0 atom stereocenters. The van der Waals surface area contributed by atoms with Crippen LogP contribution in [0.3, 0.4) is 0 Å². The third-order valence-electron chi connectivity index (χ3n) is 2.36. The molecule has 3 aromatic rings. The van der Waals surface area contributed by atoms with E-state index in [1.165, 1.54) is 0 Å². The van der Waals surface area contributed by atoms with Gasteiger partial charge >= 0.3 is 0 Å². The average Bonchev–Trinajstić information content (AvgIpc) is 2.76. The summed E-state index contributed by atoms with van der Waals surface area (Å²) in [6.45, 7) is 0. The van der Waals surface area contributed by atoms with Crippen LogP contribution < -0.4 is 5.73 Å². The van der Waals surface area contributed by atoms with E-state index in [1.54, 1.807) is 6.20 Å². The van der Waals surface area contributed by atoms with Crippen molar-refractivity contribution in [2.24, 2.45) is 0 Å². The van der Waals surface area contributed by atoms with Crippen molar-refractivity contribution >= 4 is 27.4 Å². The number of pyridine rings is 1. The van der Waals surface area contributed by atoms with Gasteiger partial charge in [-0.05, 0) is 28.1 Å². The molecule has 3 aromatic heterocycles. The van der Waals surface area contributed by atoms with Crippen molar-refractivity contribution in [3.8, 4) is 11.5 Å². The van der Waals surface area contributed by atoms with Gasteiger partial charge in [0.15, 0.2) is 5.82 Å². The zero-order valence-corrected chi connectivity index (χ0v) is 10.3. The first-order valence-electron chi connectivity index (χ1n) is 4.96. The topological polar surface area (TPSA) is 69.1 Å².